The fraction of sp³-hybridized carbons (Fsp3) is 0.182. The number of hydrogen-bond acceptors (Lipinski definition) is 5. The Balaban J connectivity index is 2.24. The third-order valence-corrected chi connectivity index (χ3v) is 2.47. The molecular formula is C11H9N3O3. The highest BCUT2D eigenvalue weighted by atomic mass is 16.2. The maximum absolute atomic E-state index is 11.8. The highest BCUT2D eigenvalue weighted by Gasteiger charge is 2.35. The van der Waals surface area contributed by atoms with Crippen molar-refractivity contribution in [3.8, 4) is 0 Å². The first-order valence-corrected chi connectivity index (χ1v) is 4.95. The number of nitrogens with zero attached hydrogens (tertiary/aromatic N) is 2. The summed E-state index contributed by atoms with van der Waals surface area (Å²) in [7, 11) is 0. The molecule has 6 heteroatoms. The topological polar surface area (TPSA) is 90.7 Å². The van der Waals surface area contributed by atoms with Crippen LogP contribution < -0.4 is 0 Å². The maximum atomic E-state index is 11.8. The van der Waals surface area contributed by atoms with Gasteiger partial charge >= 0.3 is 0 Å². The number of amides is 2. The molecule has 0 aromatic heterocycles. The quantitative estimate of drug-likeness (QED) is 0.616. The van der Waals surface area contributed by atoms with Gasteiger partial charge in [-0.25, -0.2) is 5.53 Å². The minimum absolute atomic E-state index is 0.312. The van der Waals surface area contributed by atoms with Gasteiger partial charge in [-0.3, -0.25) is 19.3 Å². The van der Waals surface area contributed by atoms with Gasteiger partial charge in [-0.1, -0.05) is 12.1 Å². The Hall–Kier alpha value is -2.37. The summed E-state index contributed by atoms with van der Waals surface area (Å²) in [6.45, 7) is -0.637. The molecule has 1 heterocycles. The van der Waals surface area contributed by atoms with Crippen LogP contribution in [0.15, 0.2) is 29.4 Å². The molecule has 0 unspecified atom stereocenters. The van der Waals surface area contributed by atoms with E-state index in [1.54, 1.807) is 24.3 Å². The van der Waals surface area contributed by atoms with Gasteiger partial charge in [0.15, 0.2) is 5.78 Å². The summed E-state index contributed by atoms with van der Waals surface area (Å²) in [6, 6.07) is 6.42. The molecule has 6 nitrogen and oxygen atoms in total. The SMILES string of the molecule is N=NCC(=O)CN1C(=O)c2ccccc2C1=O. The molecule has 17 heavy (non-hydrogen) atoms. The minimum atomic E-state index is -0.469. The number of nitrogens with one attached hydrogen (secondary N) is 1. The molecule has 0 spiro atoms. The molecule has 0 aliphatic carbocycles. The molecule has 86 valence electrons. The molecule has 0 radical (unpaired) electrons. The largest absolute Gasteiger partial charge is 0.295 e. The average molecular weight is 231 g/mol. The molecule has 1 aromatic carbocycles. The zero-order chi connectivity index (χ0) is 12.4. The second-order valence-electron chi connectivity index (χ2n) is 3.60. The second-order valence-corrected chi connectivity index (χ2v) is 3.60. The van der Waals surface area contributed by atoms with E-state index in [0.29, 0.717) is 11.1 Å². The number of rotatable bonds is 4. The first kappa shape index (κ1) is 11.1. The van der Waals surface area contributed by atoms with E-state index >= 15 is 0 Å². The van der Waals surface area contributed by atoms with E-state index in [0.717, 1.165) is 4.90 Å². The molecule has 1 aliphatic heterocycles. The van der Waals surface area contributed by atoms with Gasteiger partial charge in [0, 0.05) is 0 Å². The molecule has 0 bridgehead atoms. The van der Waals surface area contributed by atoms with Crippen molar-refractivity contribution >= 4 is 17.6 Å². The summed E-state index contributed by atoms with van der Waals surface area (Å²) in [5.41, 5.74) is 7.18. The molecular weight excluding hydrogens is 222 g/mol. The fourth-order valence-corrected chi connectivity index (χ4v) is 1.70. The van der Waals surface area contributed by atoms with Crippen molar-refractivity contribution in [2.75, 3.05) is 13.1 Å². The number of fused-ring (bicyclic) bond motifs is 1. The Morgan fingerprint density at radius 1 is 1.18 bits per heavy atom. The smallest absolute Gasteiger partial charge is 0.261 e. The lowest BCUT2D eigenvalue weighted by atomic mass is 10.1. The monoisotopic (exact) mass is 231 g/mol. The van der Waals surface area contributed by atoms with Crippen LogP contribution in [0.5, 0.6) is 0 Å². The van der Waals surface area contributed by atoms with Crippen molar-refractivity contribution in [3.05, 3.63) is 35.4 Å². The predicted octanol–water partition coefficient (Wildman–Crippen LogP) is 0.883. The first-order chi connectivity index (χ1) is 8.15. The Morgan fingerprint density at radius 3 is 2.18 bits per heavy atom. The molecule has 2 rings (SSSR count). The van der Waals surface area contributed by atoms with Crippen molar-refractivity contribution in [2.45, 2.75) is 0 Å². The van der Waals surface area contributed by atoms with Gasteiger partial charge in [-0.05, 0) is 12.1 Å². The summed E-state index contributed by atoms with van der Waals surface area (Å²) in [4.78, 5) is 35.8. The van der Waals surface area contributed by atoms with E-state index in [-0.39, 0.29) is 13.1 Å². The van der Waals surface area contributed by atoms with Crippen molar-refractivity contribution in [1.82, 2.24) is 4.90 Å². The van der Waals surface area contributed by atoms with Crippen LogP contribution in [-0.4, -0.2) is 35.6 Å². The summed E-state index contributed by atoms with van der Waals surface area (Å²) in [6.07, 6.45) is 0. The van der Waals surface area contributed by atoms with Crippen molar-refractivity contribution in [2.24, 2.45) is 5.11 Å². The fourth-order valence-electron chi connectivity index (χ4n) is 1.70. The highest BCUT2D eigenvalue weighted by molar-refractivity contribution is 6.22. The third kappa shape index (κ3) is 1.84. The predicted molar refractivity (Wildman–Crippen MR) is 56.8 cm³/mol. The summed E-state index contributed by atoms with van der Waals surface area (Å²) in [5.74, 6) is -1.37. The van der Waals surface area contributed by atoms with E-state index in [1.807, 2.05) is 0 Å². The van der Waals surface area contributed by atoms with Gasteiger partial charge in [0.2, 0.25) is 0 Å². The van der Waals surface area contributed by atoms with E-state index in [2.05, 4.69) is 5.11 Å². The number of ketones is 1. The average Bonchev–Trinajstić information content (AvgIpc) is 2.56. The number of imide groups is 1. The molecule has 0 fully saturated rings. The standard InChI is InChI=1S/C11H9N3O3/c12-13-5-7(15)6-14-10(16)8-3-1-2-4-9(8)11(14)17/h1-4,12H,5-6H2. The van der Waals surface area contributed by atoms with Crippen LogP contribution in [0, 0.1) is 5.53 Å². The number of Topliss-reactive ketones (excluding diaryl/α,β-unsaturated/α-hetero) is 1. The van der Waals surface area contributed by atoms with Crippen LogP contribution in [0.4, 0.5) is 0 Å². The lowest BCUT2D eigenvalue weighted by Gasteiger charge is -2.11. The summed E-state index contributed by atoms with van der Waals surface area (Å²) in [5, 5.41) is 2.93. The summed E-state index contributed by atoms with van der Waals surface area (Å²) >= 11 is 0. The lowest BCUT2D eigenvalue weighted by molar-refractivity contribution is -0.118. The Morgan fingerprint density at radius 2 is 1.71 bits per heavy atom. The molecule has 1 aliphatic rings. The molecule has 0 atom stereocenters. The zero-order valence-corrected chi connectivity index (χ0v) is 8.84. The van der Waals surface area contributed by atoms with E-state index < -0.39 is 17.6 Å². The zero-order valence-electron chi connectivity index (χ0n) is 8.84. The molecule has 0 saturated carbocycles. The first-order valence-electron chi connectivity index (χ1n) is 4.95. The molecule has 0 saturated heterocycles. The van der Waals surface area contributed by atoms with Crippen LogP contribution in [-0.2, 0) is 4.79 Å². The van der Waals surface area contributed by atoms with Crippen molar-refractivity contribution in [1.29, 1.82) is 5.53 Å². The van der Waals surface area contributed by atoms with Gasteiger partial charge in [0.25, 0.3) is 11.8 Å². The van der Waals surface area contributed by atoms with E-state index in [4.69, 9.17) is 5.53 Å². The van der Waals surface area contributed by atoms with E-state index in [1.165, 1.54) is 0 Å². The molecule has 1 aromatic rings. The lowest BCUT2D eigenvalue weighted by Crippen LogP contribution is -2.35. The Bertz CT molecular complexity index is 489. The van der Waals surface area contributed by atoms with Gasteiger partial charge in [-0.15, -0.1) is 0 Å². The van der Waals surface area contributed by atoms with Crippen LogP contribution in [0.25, 0.3) is 0 Å². The van der Waals surface area contributed by atoms with Crippen LogP contribution in [0.1, 0.15) is 20.7 Å². The van der Waals surface area contributed by atoms with Gasteiger partial charge < -0.3 is 0 Å². The van der Waals surface area contributed by atoms with Gasteiger partial charge in [-0.2, -0.15) is 5.11 Å². The van der Waals surface area contributed by atoms with Gasteiger partial charge in [0.1, 0.15) is 6.54 Å². The minimum Gasteiger partial charge on any atom is -0.295 e. The number of carbonyl (C=O) groups is 3. The number of benzene rings is 1. The number of carbonyl (C=O) groups excluding carboxylic acids is 3. The molecule has 1 N–H and O–H groups in total. The second kappa shape index (κ2) is 4.25. The third-order valence-electron chi connectivity index (χ3n) is 2.47. The van der Waals surface area contributed by atoms with Crippen molar-refractivity contribution < 1.29 is 14.4 Å². The highest BCUT2D eigenvalue weighted by Crippen LogP contribution is 2.21. The summed E-state index contributed by atoms with van der Waals surface area (Å²) < 4.78 is 0. The maximum Gasteiger partial charge on any atom is 0.261 e. The van der Waals surface area contributed by atoms with Crippen LogP contribution >= 0.6 is 0 Å². The normalized spacial score (nSPS) is 13.8. The number of hydrogen-bond donors (Lipinski definition) is 1. The van der Waals surface area contributed by atoms with Crippen molar-refractivity contribution in [3.63, 3.8) is 0 Å². The van der Waals surface area contributed by atoms with E-state index in [9.17, 15) is 14.4 Å². The Kier molecular flexibility index (Phi) is 2.78. The molecule has 2 amide bonds. The van der Waals surface area contributed by atoms with Crippen LogP contribution in [0.2, 0.25) is 0 Å². The van der Waals surface area contributed by atoms with Gasteiger partial charge in [0.05, 0.1) is 17.7 Å². The van der Waals surface area contributed by atoms with Crippen LogP contribution in [0.3, 0.4) is 0 Å². The Labute approximate surface area is 96.7 Å².